The lowest BCUT2D eigenvalue weighted by Crippen LogP contribution is -2.95. The first-order valence-electron chi connectivity index (χ1n) is 5.92. The number of rotatable bonds is 2. The minimum Gasteiger partial charge on any atom is -0.369 e. The number of carbonyl (C=O) groups excluding carboxylic acids is 1. The molecule has 4 rings (SSSR count). The summed E-state index contributed by atoms with van der Waals surface area (Å²) in [5.41, 5.74) is 6.23. The Morgan fingerprint density at radius 1 is 1.43 bits per heavy atom. The minimum absolute atomic E-state index is 0.00826. The van der Waals surface area contributed by atoms with Crippen molar-refractivity contribution in [3.63, 3.8) is 0 Å². The Hall–Kier alpha value is -0.530. The van der Waals surface area contributed by atoms with Crippen LogP contribution >= 0.6 is 0 Å². The predicted octanol–water partition coefficient (Wildman–Crippen LogP) is 1.40. The standard InChI is InChI=1S/C12H17NO/c1-3-11-5(2)7-9(11)8-6(11)4-12(7,8)10(13)14/h5-9H,3-4H2,1-2H3,(H2,13,14). The third-order valence-corrected chi connectivity index (χ3v) is 6.72. The average Bonchev–Trinajstić information content (AvgIpc) is 2.15. The van der Waals surface area contributed by atoms with Crippen molar-refractivity contribution in [2.75, 3.05) is 0 Å². The molecule has 4 fully saturated rings. The molecule has 4 aliphatic carbocycles. The third-order valence-electron chi connectivity index (χ3n) is 6.72. The predicted molar refractivity (Wildman–Crippen MR) is 52.1 cm³/mol. The highest BCUT2D eigenvalue weighted by molar-refractivity contribution is 5.86. The second kappa shape index (κ2) is 1.66. The quantitative estimate of drug-likeness (QED) is 0.704. The molecule has 14 heavy (non-hydrogen) atoms. The molecule has 0 bridgehead atoms. The summed E-state index contributed by atoms with van der Waals surface area (Å²) < 4.78 is 0. The molecule has 0 aliphatic heterocycles. The maximum absolute atomic E-state index is 11.5. The van der Waals surface area contributed by atoms with E-state index < -0.39 is 0 Å². The van der Waals surface area contributed by atoms with E-state index in [1.165, 1.54) is 6.42 Å². The van der Waals surface area contributed by atoms with Gasteiger partial charge in [0.15, 0.2) is 0 Å². The molecule has 2 heteroatoms. The van der Waals surface area contributed by atoms with Gasteiger partial charge in [-0.15, -0.1) is 0 Å². The molecule has 2 nitrogen and oxygen atoms in total. The van der Waals surface area contributed by atoms with Crippen molar-refractivity contribution in [2.24, 2.45) is 46.2 Å². The number of amides is 1. The van der Waals surface area contributed by atoms with Gasteiger partial charge in [-0.25, -0.2) is 0 Å². The van der Waals surface area contributed by atoms with Gasteiger partial charge in [-0.2, -0.15) is 0 Å². The van der Waals surface area contributed by atoms with Crippen molar-refractivity contribution in [2.45, 2.75) is 26.7 Å². The van der Waals surface area contributed by atoms with Gasteiger partial charge in [0.1, 0.15) is 0 Å². The summed E-state index contributed by atoms with van der Waals surface area (Å²) in [6.07, 6.45) is 2.46. The molecule has 1 amide bonds. The second-order valence-corrected chi connectivity index (χ2v) is 6.05. The summed E-state index contributed by atoms with van der Waals surface area (Å²) in [6.45, 7) is 4.68. The van der Waals surface area contributed by atoms with Crippen LogP contribution in [0.15, 0.2) is 0 Å². The maximum atomic E-state index is 11.5. The molecule has 76 valence electrons. The molecule has 4 saturated carbocycles. The van der Waals surface area contributed by atoms with E-state index in [-0.39, 0.29) is 11.3 Å². The smallest absolute Gasteiger partial charge is 0.224 e. The summed E-state index contributed by atoms with van der Waals surface area (Å²) in [5, 5.41) is 0. The summed E-state index contributed by atoms with van der Waals surface area (Å²) in [4.78, 5) is 11.5. The van der Waals surface area contributed by atoms with Crippen LogP contribution in [0.2, 0.25) is 0 Å². The highest BCUT2D eigenvalue weighted by Crippen LogP contribution is 2.97. The van der Waals surface area contributed by atoms with Gasteiger partial charge in [0.2, 0.25) is 5.91 Å². The molecule has 0 aromatic rings. The van der Waals surface area contributed by atoms with Crippen LogP contribution in [0.25, 0.3) is 0 Å². The summed E-state index contributed by atoms with van der Waals surface area (Å²) in [5.74, 6) is 3.94. The number of primary amides is 1. The van der Waals surface area contributed by atoms with Gasteiger partial charge in [-0.1, -0.05) is 13.8 Å². The van der Waals surface area contributed by atoms with Crippen LogP contribution in [0.1, 0.15) is 26.7 Å². The first kappa shape index (κ1) is 7.72. The molecule has 2 N–H and O–H groups in total. The van der Waals surface area contributed by atoms with Crippen LogP contribution in [-0.4, -0.2) is 5.91 Å². The summed E-state index contributed by atoms with van der Waals surface area (Å²) in [7, 11) is 0. The van der Waals surface area contributed by atoms with Crippen LogP contribution in [0.4, 0.5) is 0 Å². The monoisotopic (exact) mass is 191 g/mol. The van der Waals surface area contributed by atoms with E-state index in [9.17, 15) is 4.79 Å². The highest BCUT2D eigenvalue weighted by Gasteiger charge is 2.95. The fraction of sp³-hybridized carbons (Fsp3) is 0.917. The van der Waals surface area contributed by atoms with Crippen molar-refractivity contribution in [1.82, 2.24) is 0 Å². The Labute approximate surface area is 84.2 Å². The van der Waals surface area contributed by atoms with Crippen molar-refractivity contribution >= 4 is 5.91 Å². The van der Waals surface area contributed by atoms with E-state index in [2.05, 4.69) is 13.8 Å². The minimum atomic E-state index is -0.00826. The van der Waals surface area contributed by atoms with Gasteiger partial charge in [0, 0.05) is 0 Å². The van der Waals surface area contributed by atoms with Crippen molar-refractivity contribution in [3.8, 4) is 0 Å². The molecule has 0 spiro atoms. The van der Waals surface area contributed by atoms with Gasteiger partial charge in [0.25, 0.3) is 0 Å². The fourth-order valence-electron chi connectivity index (χ4n) is 6.36. The third kappa shape index (κ3) is 0.356. The lowest BCUT2D eigenvalue weighted by molar-refractivity contribution is -0.489. The lowest BCUT2D eigenvalue weighted by Gasteiger charge is -2.96. The van der Waals surface area contributed by atoms with Crippen LogP contribution < -0.4 is 5.73 Å². The number of hydrogen-bond donors (Lipinski definition) is 1. The fourth-order valence-corrected chi connectivity index (χ4v) is 6.36. The van der Waals surface area contributed by atoms with Gasteiger partial charge in [-0.05, 0) is 47.8 Å². The van der Waals surface area contributed by atoms with E-state index in [0.717, 1.165) is 30.1 Å². The second-order valence-electron chi connectivity index (χ2n) is 6.05. The van der Waals surface area contributed by atoms with Crippen LogP contribution in [0.3, 0.4) is 0 Å². The van der Waals surface area contributed by atoms with E-state index in [1.54, 1.807) is 0 Å². The molecule has 7 atom stereocenters. The summed E-state index contributed by atoms with van der Waals surface area (Å²) >= 11 is 0. The zero-order valence-corrected chi connectivity index (χ0v) is 8.79. The molecule has 7 unspecified atom stereocenters. The van der Waals surface area contributed by atoms with Crippen LogP contribution in [-0.2, 0) is 4.79 Å². The van der Waals surface area contributed by atoms with Gasteiger partial charge in [0.05, 0.1) is 5.41 Å². The number of fused-ring (bicyclic) bond motifs is 2. The summed E-state index contributed by atoms with van der Waals surface area (Å²) in [6, 6.07) is 0. The average molecular weight is 191 g/mol. The van der Waals surface area contributed by atoms with Crippen molar-refractivity contribution in [3.05, 3.63) is 0 Å². The van der Waals surface area contributed by atoms with Gasteiger partial charge < -0.3 is 5.73 Å². The van der Waals surface area contributed by atoms with E-state index in [4.69, 9.17) is 5.73 Å². The zero-order chi connectivity index (χ0) is 9.88. The largest absolute Gasteiger partial charge is 0.369 e. The Balaban J connectivity index is 1.78. The van der Waals surface area contributed by atoms with Crippen molar-refractivity contribution in [1.29, 1.82) is 0 Å². The molecular weight excluding hydrogens is 174 g/mol. The molecule has 0 aromatic carbocycles. The lowest BCUT2D eigenvalue weighted by atomic mass is 9.06. The first-order valence-corrected chi connectivity index (χ1v) is 5.92. The Kier molecular flexibility index (Phi) is 0.914. The Morgan fingerprint density at radius 3 is 2.50 bits per heavy atom. The van der Waals surface area contributed by atoms with Gasteiger partial charge >= 0.3 is 0 Å². The van der Waals surface area contributed by atoms with Crippen molar-refractivity contribution < 1.29 is 4.79 Å². The topological polar surface area (TPSA) is 43.1 Å². The van der Waals surface area contributed by atoms with E-state index in [1.807, 2.05) is 0 Å². The van der Waals surface area contributed by atoms with E-state index in [0.29, 0.717) is 11.3 Å². The number of carbonyl (C=O) groups is 1. The molecular formula is C12H17NO. The molecule has 0 radical (unpaired) electrons. The highest BCUT2D eigenvalue weighted by atomic mass is 16.1. The zero-order valence-electron chi connectivity index (χ0n) is 8.79. The number of hydrogen-bond acceptors (Lipinski definition) is 1. The molecule has 0 heterocycles. The SMILES string of the molecule is CCC12C(C)C3C1C1C2CC31C(N)=O. The normalized spacial score (nSPS) is 70.6. The maximum Gasteiger partial charge on any atom is 0.224 e. The molecule has 0 saturated heterocycles. The number of nitrogens with two attached hydrogens (primary N) is 1. The van der Waals surface area contributed by atoms with Crippen LogP contribution in [0, 0.1) is 40.4 Å². The first-order chi connectivity index (χ1) is 6.62. The van der Waals surface area contributed by atoms with E-state index >= 15 is 0 Å². The van der Waals surface area contributed by atoms with Crippen LogP contribution in [0.5, 0.6) is 0 Å². The molecule has 4 aliphatic rings. The molecule has 0 aromatic heterocycles. The van der Waals surface area contributed by atoms with Gasteiger partial charge in [-0.3, -0.25) is 4.79 Å². The Morgan fingerprint density at radius 2 is 2.14 bits per heavy atom. The Bertz CT molecular complexity index is 348.